The zero-order valence-electron chi connectivity index (χ0n) is 19.7. The summed E-state index contributed by atoms with van der Waals surface area (Å²) >= 11 is 0. The van der Waals surface area contributed by atoms with E-state index in [4.69, 9.17) is 0 Å². The van der Waals surface area contributed by atoms with Gasteiger partial charge in [-0.1, -0.05) is 54.6 Å². The third kappa shape index (κ3) is 4.05. The van der Waals surface area contributed by atoms with E-state index in [-0.39, 0.29) is 11.3 Å². The number of carbonyl (C=O) groups excluding carboxylic acids is 2. The van der Waals surface area contributed by atoms with Gasteiger partial charge in [0.05, 0.1) is 16.6 Å². The van der Waals surface area contributed by atoms with Crippen LogP contribution in [0.25, 0.3) is 22.1 Å². The first-order valence-electron chi connectivity index (χ1n) is 11.4. The molecule has 0 atom stereocenters. The van der Waals surface area contributed by atoms with Gasteiger partial charge in [0.25, 0.3) is 17.4 Å². The molecule has 2 heterocycles. The average Bonchev–Trinajstić information content (AvgIpc) is 3.22. The van der Waals surface area contributed by atoms with E-state index in [9.17, 15) is 14.4 Å². The molecule has 5 aromatic rings. The van der Waals surface area contributed by atoms with E-state index in [0.717, 1.165) is 17.1 Å². The van der Waals surface area contributed by atoms with Gasteiger partial charge in [-0.15, -0.1) is 0 Å². The van der Waals surface area contributed by atoms with Gasteiger partial charge in [-0.25, -0.2) is 0 Å². The molecule has 0 aliphatic carbocycles. The van der Waals surface area contributed by atoms with Crippen molar-refractivity contribution in [2.24, 2.45) is 0 Å². The van der Waals surface area contributed by atoms with Crippen LogP contribution in [0.15, 0.2) is 95.8 Å². The van der Waals surface area contributed by atoms with Gasteiger partial charge < -0.3 is 4.57 Å². The maximum atomic E-state index is 13.2. The van der Waals surface area contributed by atoms with Crippen molar-refractivity contribution in [3.05, 3.63) is 124 Å². The lowest BCUT2D eigenvalue weighted by Crippen LogP contribution is -2.42. The van der Waals surface area contributed by atoms with E-state index >= 15 is 0 Å². The number of aryl methyl sites for hydroxylation is 1. The van der Waals surface area contributed by atoms with E-state index < -0.39 is 11.8 Å². The second-order valence-electron chi connectivity index (χ2n) is 8.31. The molecule has 8 heteroatoms. The van der Waals surface area contributed by atoms with Crippen molar-refractivity contribution in [2.75, 3.05) is 0 Å². The van der Waals surface area contributed by atoms with Crippen LogP contribution in [0.3, 0.4) is 0 Å². The lowest BCUT2D eigenvalue weighted by atomic mass is 10.1. The standard InChI is InChI=1S/C28H23N5O3/c1-18-17-24(19(2)32(18)20-11-5-3-6-12-20)26(34)29-30-27(35)25-22-15-9-10-16-23(22)28(36)33(31-25)21-13-7-4-8-14-21/h3-17H,1-2H3,(H,29,34)(H,30,35). The highest BCUT2D eigenvalue weighted by Crippen LogP contribution is 2.20. The lowest BCUT2D eigenvalue weighted by molar-refractivity contribution is 0.0843. The number of fused-ring (bicyclic) bond motifs is 1. The van der Waals surface area contributed by atoms with Crippen LogP contribution in [0.4, 0.5) is 0 Å². The molecule has 8 nitrogen and oxygen atoms in total. The quantitative estimate of drug-likeness (QED) is 0.384. The SMILES string of the molecule is Cc1cc(C(=O)NNC(=O)c2nn(-c3ccccc3)c(=O)c3ccccc23)c(C)n1-c1ccccc1. The summed E-state index contributed by atoms with van der Waals surface area (Å²) in [5, 5.41) is 5.07. The maximum absolute atomic E-state index is 13.2. The fourth-order valence-electron chi connectivity index (χ4n) is 4.31. The minimum absolute atomic E-state index is 0.0177. The van der Waals surface area contributed by atoms with E-state index in [2.05, 4.69) is 16.0 Å². The van der Waals surface area contributed by atoms with Gasteiger partial charge in [0.2, 0.25) is 0 Å². The summed E-state index contributed by atoms with van der Waals surface area (Å²) in [5.41, 5.74) is 8.15. The van der Waals surface area contributed by atoms with Crippen LogP contribution in [0.2, 0.25) is 0 Å². The molecular weight excluding hydrogens is 454 g/mol. The highest BCUT2D eigenvalue weighted by atomic mass is 16.2. The van der Waals surface area contributed by atoms with E-state index in [1.165, 1.54) is 4.68 Å². The fourth-order valence-corrected chi connectivity index (χ4v) is 4.31. The minimum Gasteiger partial charge on any atom is -0.318 e. The highest BCUT2D eigenvalue weighted by Gasteiger charge is 2.20. The van der Waals surface area contributed by atoms with Crippen molar-refractivity contribution in [3.8, 4) is 11.4 Å². The monoisotopic (exact) mass is 477 g/mol. The van der Waals surface area contributed by atoms with Gasteiger partial charge in [-0.2, -0.15) is 9.78 Å². The lowest BCUT2D eigenvalue weighted by Gasteiger charge is -2.12. The number of hydrogen-bond donors (Lipinski definition) is 2. The Morgan fingerprint density at radius 1 is 0.722 bits per heavy atom. The molecule has 36 heavy (non-hydrogen) atoms. The molecule has 0 radical (unpaired) electrons. The van der Waals surface area contributed by atoms with Crippen LogP contribution >= 0.6 is 0 Å². The molecular formula is C28H23N5O3. The average molecular weight is 478 g/mol. The Morgan fingerprint density at radius 3 is 1.94 bits per heavy atom. The molecule has 0 aliphatic rings. The number of aromatic nitrogens is 3. The van der Waals surface area contributed by atoms with Gasteiger partial charge in [0, 0.05) is 22.5 Å². The third-order valence-electron chi connectivity index (χ3n) is 6.00. The Hall–Kier alpha value is -4.98. The summed E-state index contributed by atoms with van der Waals surface area (Å²) in [5.74, 6) is -1.10. The second-order valence-corrected chi connectivity index (χ2v) is 8.31. The molecule has 0 spiro atoms. The molecule has 0 aliphatic heterocycles. The van der Waals surface area contributed by atoms with E-state index in [1.807, 2.05) is 54.8 Å². The van der Waals surface area contributed by atoms with Gasteiger partial charge in [0.1, 0.15) is 0 Å². The number of rotatable bonds is 4. The zero-order valence-corrected chi connectivity index (χ0v) is 19.7. The van der Waals surface area contributed by atoms with Gasteiger partial charge >= 0.3 is 0 Å². The molecule has 0 unspecified atom stereocenters. The normalized spacial score (nSPS) is 10.8. The largest absolute Gasteiger partial charge is 0.318 e. The Kier molecular flexibility index (Phi) is 5.92. The number of carbonyl (C=O) groups is 2. The Labute approximate surface area is 206 Å². The summed E-state index contributed by atoms with van der Waals surface area (Å²) in [6.45, 7) is 3.76. The van der Waals surface area contributed by atoms with Crippen molar-refractivity contribution in [2.45, 2.75) is 13.8 Å². The predicted molar refractivity (Wildman–Crippen MR) is 138 cm³/mol. The van der Waals surface area contributed by atoms with Crippen LogP contribution in [0.1, 0.15) is 32.2 Å². The number of benzene rings is 3. The molecule has 0 bridgehead atoms. The second kappa shape index (κ2) is 9.34. The maximum Gasteiger partial charge on any atom is 0.290 e. The summed E-state index contributed by atoms with van der Waals surface area (Å²) in [6.07, 6.45) is 0. The molecule has 2 N–H and O–H groups in total. The number of nitrogens with one attached hydrogen (secondary N) is 2. The fraction of sp³-hybridized carbons (Fsp3) is 0.0714. The highest BCUT2D eigenvalue weighted by molar-refractivity contribution is 6.06. The predicted octanol–water partition coefficient (Wildman–Crippen LogP) is 3.87. The molecule has 3 aromatic carbocycles. The first kappa shape index (κ1) is 22.8. The molecule has 5 rings (SSSR count). The number of hydrazine groups is 1. The van der Waals surface area contributed by atoms with Crippen molar-refractivity contribution >= 4 is 22.6 Å². The van der Waals surface area contributed by atoms with Crippen LogP contribution in [-0.2, 0) is 0 Å². The van der Waals surface area contributed by atoms with Crippen LogP contribution in [0, 0.1) is 13.8 Å². The van der Waals surface area contributed by atoms with E-state index in [1.54, 1.807) is 54.6 Å². The van der Waals surface area contributed by atoms with Gasteiger partial charge in [-0.3, -0.25) is 25.2 Å². The molecule has 2 amide bonds. The van der Waals surface area contributed by atoms with Crippen LogP contribution in [0.5, 0.6) is 0 Å². The Balaban J connectivity index is 1.45. The first-order valence-corrected chi connectivity index (χ1v) is 11.4. The van der Waals surface area contributed by atoms with Crippen LogP contribution < -0.4 is 16.4 Å². The van der Waals surface area contributed by atoms with Crippen molar-refractivity contribution in [3.63, 3.8) is 0 Å². The smallest absolute Gasteiger partial charge is 0.290 e. The number of amides is 2. The van der Waals surface area contributed by atoms with Crippen molar-refractivity contribution in [1.29, 1.82) is 0 Å². The Bertz CT molecular complexity index is 1650. The molecule has 178 valence electrons. The molecule has 0 saturated carbocycles. The first-order chi connectivity index (χ1) is 17.5. The van der Waals surface area contributed by atoms with Gasteiger partial charge in [-0.05, 0) is 50.2 Å². The number of nitrogens with zero attached hydrogens (tertiary/aromatic N) is 3. The summed E-state index contributed by atoms with van der Waals surface area (Å²) in [4.78, 5) is 39.2. The van der Waals surface area contributed by atoms with Crippen molar-refractivity contribution in [1.82, 2.24) is 25.2 Å². The topological polar surface area (TPSA) is 98.0 Å². The van der Waals surface area contributed by atoms with E-state index in [0.29, 0.717) is 22.0 Å². The molecule has 0 saturated heterocycles. The summed E-state index contributed by atoms with van der Waals surface area (Å²) in [6, 6.07) is 27.1. The molecule has 2 aromatic heterocycles. The number of para-hydroxylation sites is 2. The van der Waals surface area contributed by atoms with Gasteiger partial charge in [0.15, 0.2) is 5.69 Å². The zero-order chi connectivity index (χ0) is 25.2. The third-order valence-corrected chi connectivity index (χ3v) is 6.00. The molecule has 0 fully saturated rings. The van der Waals surface area contributed by atoms with Crippen molar-refractivity contribution < 1.29 is 9.59 Å². The Morgan fingerprint density at radius 2 is 1.28 bits per heavy atom. The summed E-state index contributed by atoms with van der Waals surface area (Å²) in [7, 11) is 0. The van der Waals surface area contributed by atoms with Crippen LogP contribution in [-0.4, -0.2) is 26.2 Å². The number of hydrogen-bond acceptors (Lipinski definition) is 4. The summed E-state index contributed by atoms with van der Waals surface area (Å²) < 4.78 is 3.16. The minimum atomic E-state index is -0.638.